The number of hydrogen-bond acceptors (Lipinski definition) is 3. The first kappa shape index (κ1) is 13.7. The molecule has 15 heavy (non-hydrogen) atoms. The van der Waals surface area contributed by atoms with Crippen LogP contribution in [0.4, 0.5) is 10.1 Å². The van der Waals surface area contributed by atoms with Crippen LogP contribution in [0.25, 0.3) is 0 Å². The molecule has 1 atom stereocenters. The van der Waals surface area contributed by atoms with Crippen molar-refractivity contribution in [2.24, 2.45) is 5.73 Å². The minimum absolute atomic E-state index is 0. The lowest BCUT2D eigenvalue weighted by molar-refractivity contribution is -0.117. The van der Waals surface area contributed by atoms with Crippen LogP contribution in [0.15, 0.2) is 18.2 Å². The van der Waals surface area contributed by atoms with E-state index in [0.29, 0.717) is 0 Å². The molecule has 1 rings (SSSR count). The molecule has 0 bridgehead atoms. The number of nitrogens with two attached hydrogens (primary N) is 1. The highest BCUT2D eigenvalue weighted by Gasteiger charge is 2.10. The topological polar surface area (TPSA) is 75.4 Å². The number of benzene rings is 1. The molecule has 1 amide bonds. The Morgan fingerprint density at radius 3 is 2.73 bits per heavy atom. The van der Waals surface area contributed by atoms with Crippen molar-refractivity contribution >= 4 is 24.0 Å². The average molecular weight is 235 g/mol. The highest BCUT2D eigenvalue weighted by Crippen LogP contribution is 2.23. The molecule has 0 fully saturated rings. The fourth-order valence-electron chi connectivity index (χ4n) is 0.855. The Bertz CT molecular complexity index is 358. The van der Waals surface area contributed by atoms with E-state index in [0.717, 1.165) is 18.2 Å². The summed E-state index contributed by atoms with van der Waals surface area (Å²) in [6.45, 7) is 1.49. The highest BCUT2D eigenvalue weighted by molar-refractivity contribution is 5.95. The lowest BCUT2D eigenvalue weighted by Gasteiger charge is -2.08. The average Bonchev–Trinajstić information content (AvgIpc) is 2.11. The van der Waals surface area contributed by atoms with Crippen LogP contribution in [-0.4, -0.2) is 17.1 Å². The third kappa shape index (κ3) is 3.73. The molecule has 1 aromatic rings. The smallest absolute Gasteiger partial charge is 0.241 e. The number of carbonyl (C=O) groups excluding carboxylic acids is 1. The fraction of sp³-hybridized carbons (Fsp3) is 0.222. The molecule has 0 saturated heterocycles. The van der Waals surface area contributed by atoms with Gasteiger partial charge in [-0.1, -0.05) is 0 Å². The number of carbonyl (C=O) groups is 1. The normalized spacial score (nSPS) is 11.4. The predicted molar refractivity (Wildman–Crippen MR) is 57.6 cm³/mol. The fourth-order valence-corrected chi connectivity index (χ4v) is 0.855. The standard InChI is InChI=1S/C9H11FN2O2.ClH/c1-5(11)9(14)12-7-4-6(10)2-3-8(7)13;/h2-5,13H,11H2,1H3,(H,12,14);1H/t5-;/m1./s1. The molecule has 6 heteroatoms. The zero-order valence-electron chi connectivity index (χ0n) is 8.03. The van der Waals surface area contributed by atoms with Gasteiger partial charge >= 0.3 is 0 Å². The summed E-state index contributed by atoms with van der Waals surface area (Å²) in [6.07, 6.45) is 0. The number of aromatic hydroxyl groups is 1. The van der Waals surface area contributed by atoms with Crippen molar-refractivity contribution in [3.63, 3.8) is 0 Å². The molecule has 0 unspecified atom stereocenters. The van der Waals surface area contributed by atoms with Crippen molar-refractivity contribution in [2.45, 2.75) is 13.0 Å². The van der Waals surface area contributed by atoms with Gasteiger partial charge < -0.3 is 16.2 Å². The van der Waals surface area contributed by atoms with Gasteiger partial charge in [-0.05, 0) is 19.1 Å². The van der Waals surface area contributed by atoms with Gasteiger partial charge in [0.1, 0.15) is 11.6 Å². The number of anilines is 1. The van der Waals surface area contributed by atoms with E-state index < -0.39 is 17.8 Å². The van der Waals surface area contributed by atoms with Crippen molar-refractivity contribution in [3.8, 4) is 5.75 Å². The lowest BCUT2D eigenvalue weighted by Crippen LogP contribution is -2.32. The van der Waals surface area contributed by atoms with E-state index in [-0.39, 0.29) is 23.8 Å². The van der Waals surface area contributed by atoms with Gasteiger partial charge in [0.15, 0.2) is 0 Å². The van der Waals surface area contributed by atoms with Crippen LogP contribution in [-0.2, 0) is 4.79 Å². The molecule has 0 heterocycles. The Hall–Kier alpha value is -1.33. The highest BCUT2D eigenvalue weighted by atomic mass is 35.5. The number of nitrogens with one attached hydrogen (secondary N) is 1. The Balaban J connectivity index is 0.00000196. The quantitative estimate of drug-likeness (QED) is 0.674. The van der Waals surface area contributed by atoms with E-state index in [1.165, 1.54) is 6.92 Å². The summed E-state index contributed by atoms with van der Waals surface area (Å²) in [4.78, 5) is 11.1. The maximum absolute atomic E-state index is 12.7. The van der Waals surface area contributed by atoms with Crippen LogP contribution in [0.3, 0.4) is 0 Å². The summed E-state index contributed by atoms with van der Waals surface area (Å²) < 4.78 is 12.7. The first-order chi connectivity index (χ1) is 6.50. The van der Waals surface area contributed by atoms with Crippen LogP contribution in [0.2, 0.25) is 0 Å². The number of hydrogen-bond donors (Lipinski definition) is 3. The molecule has 84 valence electrons. The summed E-state index contributed by atoms with van der Waals surface area (Å²) in [7, 11) is 0. The summed E-state index contributed by atoms with van der Waals surface area (Å²) >= 11 is 0. The molecular weight excluding hydrogens is 223 g/mol. The van der Waals surface area contributed by atoms with Gasteiger partial charge in [-0.3, -0.25) is 4.79 Å². The predicted octanol–water partition coefficient (Wildman–Crippen LogP) is 1.24. The molecule has 0 saturated carbocycles. The zero-order valence-corrected chi connectivity index (χ0v) is 8.84. The third-order valence-electron chi connectivity index (χ3n) is 1.63. The van der Waals surface area contributed by atoms with Gasteiger partial charge in [-0.15, -0.1) is 12.4 Å². The molecule has 4 nitrogen and oxygen atoms in total. The van der Waals surface area contributed by atoms with Crippen molar-refractivity contribution < 1.29 is 14.3 Å². The van der Waals surface area contributed by atoms with Gasteiger partial charge in [-0.2, -0.15) is 0 Å². The number of rotatable bonds is 2. The second kappa shape index (κ2) is 5.53. The molecule has 0 aliphatic heterocycles. The van der Waals surface area contributed by atoms with E-state index >= 15 is 0 Å². The van der Waals surface area contributed by atoms with Gasteiger partial charge in [-0.25, -0.2) is 4.39 Å². The molecular formula is C9H12ClFN2O2. The summed E-state index contributed by atoms with van der Waals surface area (Å²) in [5.74, 6) is -1.21. The zero-order chi connectivity index (χ0) is 10.7. The second-order valence-corrected chi connectivity index (χ2v) is 2.94. The molecule has 0 aliphatic carbocycles. The molecule has 0 aliphatic rings. The monoisotopic (exact) mass is 234 g/mol. The van der Waals surface area contributed by atoms with E-state index in [1.807, 2.05) is 0 Å². The van der Waals surface area contributed by atoms with E-state index in [1.54, 1.807) is 0 Å². The van der Waals surface area contributed by atoms with Crippen molar-refractivity contribution in [3.05, 3.63) is 24.0 Å². The maximum atomic E-state index is 12.7. The Morgan fingerprint density at radius 1 is 1.60 bits per heavy atom. The van der Waals surface area contributed by atoms with E-state index in [2.05, 4.69) is 5.32 Å². The van der Waals surface area contributed by atoms with Crippen molar-refractivity contribution in [1.29, 1.82) is 0 Å². The number of phenolic OH excluding ortho intramolecular Hbond substituents is 1. The minimum atomic E-state index is -0.710. The molecule has 0 aromatic heterocycles. The van der Waals surface area contributed by atoms with Crippen LogP contribution in [0.1, 0.15) is 6.92 Å². The van der Waals surface area contributed by atoms with Crippen LogP contribution in [0, 0.1) is 5.82 Å². The van der Waals surface area contributed by atoms with Crippen LogP contribution < -0.4 is 11.1 Å². The maximum Gasteiger partial charge on any atom is 0.241 e. The largest absolute Gasteiger partial charge is 0.506 e. The van der Waals surface area contributed by atoms with Gasteiger partial charge in [0, 0.05) is 6.07 Å². The molecule has 0 radical (unpaired) electrons. The van der Waals surface area contributed by atoms with Gasteiger partial charge in [0.05, 0.1) is 11.7 Å². The second-order valence-electron chi connectivity index (χ2n) is 2.94. The number of halogens is 2. The third-order valence-corrected chi connectivity index (χ3v) is 1.63. The van der Waals surface area contributed by atoms with Crippen molar-refractivity contribution in [1.82, 2.24) is 0 Å². The first-order valence-electron chi connectivity index (χ1n) is 4.05. The first-order valence-corrected chi connectivity index (χ1v) is 4.05. The number of amides is 1. The van der Waals surface area contributed by atoms with Gasteiger partial charge in [0.25, 0.3) is 0 Å². The Labute approximate surface area is 92.7 Å². The van der Waals surface area contributed by atoms with Crippen LogP contribution in [0.5, 0.6) is 5.75 Å². The molecule has 1 aromatic carbocycles. The molecule has 0 spiro atoms. The number of phenols is 1. The lowest BCUT2D eigenvalue weighted by atomic mass is 10.2. The minimum Gasteiger partial charge on any atom is -0.506 e. The van der Waals surface area contributed by atoms with Crippen LogP contribution >= 0.6 is 12.4 Å². The van der Waals surface area contributed by atoms with Crippen molar-refractivity contribution in [2.75, 3.05) is 5.32 Å². The van der Waals surface area contributed by atoms with E-state index in [9.17, 15) is 14.3 Å². The Kier molecular flexibility index (Phi) is 5.04. The Morgan fingerprint density at radius 2 is 2.20 bits per heavy atom. The van der Waals surface area contributed by atoms with Gasteiger partial charge in [0.2, 0.25) is 5.91 Å². The summed E-state index contributed by atoms with van der Waals surface area (Å²) in [6, 6.07) is 2.57. The molecule has 4 N–H and O–H groups in total. The summed E-state index contributed by atoms with van der Waals surface area (Å²) in [5, 5.41) is 11.5. The SMILES string of the molecule is C[C@@H](N)C(=O)Nc1cc(F)ccc1O.Cl. The van der Waals surface area contributed by atoms with E-state index in [4.69, 9.17) is 5.73 Å². The summed E-state index contributed by atoms with van der Waals surface area (Å²) in [5.41, 5.74) is 5.31.